The van der Waals surface area contributed by atoms with Crippen LogP contribution in [-0.2, 0) is 0 Å². The van der Waals surface area contributed by atoms with Crippen molar-refractivity contribution in [2.75, 3.05) is 0 Å². The maximum absolute atomic E-state index is 5.89. The molecule has 0 amide bonds. The van der Waals surface area contributed by atoms with Crippen LogP contribution < -0.4 is 5.73 Å². The summed E-state index contributed by atoms with van der Waals surface area (Å²) in [5.74, 6) is 0. The van der Waals surface area contributed by atoms with Crippen LogP contribution in [0.2, 0.25) is 4.34 Å². The van der Waals surface area contributed by atoms with Crippen LogP contribution in [0.25, 0.3) is 0 Å². The highest BCUT2D eigenvalue weighted by molar-refractivity contribution is 7.16. The standard InChI is InChI=1S/C8H12ClNS/c1-3-6(10)7-4-5(2)8(9)11-7/h4,6H,3,10H2,1-2H3. The first kappa shape index (κ1) is 9.04. The van der Waals surface area contributed by atoms with E-state index in [0.29, 0.717) is 0 Å². The predicted molar refractivity (Wildman–Crippen MR) is 51.3 cm³/mol. The van der Waals surface area contributed by atoms with Crippen molar-refractivity contribution in [3.05, 3.63) is 20.8 Å². The molecule has 0 aliphatic heterocycles. The van der Waals surface area contributed by atoms with E-state index in [1.165, 1.54) is 4.88 Å². The van der Waals surface area contributed by atoms with Gasteiger partial charge in [-0.2, -0.15) is 0 Å². The smallest absolute Gasteiger partial charge is 0.0960 e. The Morgan fingerprint density at radius 2 is 2.36 bits per heavy atom. The lowest BCUT2D eigenvalue weighted by molar-refractivity contribution is 0.712. The maximum atomic E-state index is 5.89. The Labute approximate surface area is 76.2 Å². The van der Waals surface area contributed by atoms with Crippen LogP contribution in [0.15, 0.2) is 6.07 Å². The molecule has 1 aromatic heterocycles. The summed E-state index contributed by atoms with van der Waals surface area (Å²) in [6, 6.07) is 2.23. The minimum absolute atomic E-state index is 0.159. The molecule has 0 bridgehead atoms. The summed E-state index contributed by atoms with van der Waals surface area (Å²) in [7, 11) is 0. The van der Waals surface area contributed by atoms with Gasteiger partial charge in [0.15, 0.2) is 0 Å². The summed E-state index contributed by atoms with van der Waals surface area (Å²) in [6.07, 6.45) is 0.969. The third kappa shape index (κ3) is 1.95. The summed E-state index contributed by atoms with van der Waals surface area (Å²) in [6.45, 7) is 4.08. The van der Waals surface area contributed by atoms with E-state index in [1.54, 1.807) is 11.3 Å². The van der Waals surface area contributed by atoms with Gasteiger partial charge in [0.25, 0.3) is 0 Å². The molecule has 1 atom stereocenters. The van der Waals surface area contributed by atoms with Crippen LogP contribution in [0.5, 0.6) is 0 Å². The van der Waals surface area contributed by atoms with Crippen LogP contribution in [-0.4, -0.2) is 0 Å². The highest BCUT2D eigenvalue weighted by Crippen LogP contribution is 2.30. The minimum atomic E-state index is 0.159. The third-order valence-corrected chi connectivity index (χ3v) is 3.37. The van der Waals surface area contributed by atoms with Crippen molar-refractivity contribution in [1.29, 1.82) is 0 Å². The van der Waals surface area contributed by atoms with Gasteiger partial charge in [0, 0.05) is 10.9 Å². The number of rotatable bonds is 2. The molecule has 0 radical (unpaired) electrons. The number of aryl methyl sites for hydroxylation is 1. The first-order valence-corrected chi connectivity index (χ1v) is 4.86. The summed E-state index contributed by atoms with van der Waals surface area (Å²) in [5.41, 5.74) is 6.96. The van der Waals surface area contributed by atoms with Gasteiger partial charge in [0.05, 0.1) is 4.34 Å². The number of halogens is 1. The normalized spacial score (nSPS) is 13.5. The monoisotopic (exact) mass is 189 g/mol. The predicted octanol–water partition coefficient (Wildman–Crippen LogP) is 3.12. The first-order valence-electron chi connectivity index (χ1n) is 3.66. The number of nitrogens with two attached hydrogens (primary N) is 1. The topological polar surface area (TPSA) is 26.0 Å². The molecule has 1 aromatic rings. The van der Waals surface area contributed by atoms with Gasteiger partial charge in [0.1, 0.15) is 0 Å². The molecule has 3 heteroatoms. The first-order chi connectivity index (χ1) is 5.15. The Morgan fingerprint density at radius 1 is 1.73 bits per heavy atom. The number of hydrogen-bond acceptors (Lipinski definition) is 2. The summed E-state index contributed by atoms with van der Waals surface area (Å²) >= 11 is 7.48. The molecule has 1 nitrogen and oxygen atoms in total. The molecular formula is C8H12ClNS. The Balaban J connectivity index is 2.88. The van der Waals surface area contributed by atoms with E-state index in [9.17, 15) is 0 Å². The maximum Gasteiger partial charge on any atom is 0.0960 e. The fourth-order valence-electron chi connectivity index (χ4n) is 0.867. The molecule has 2 N–H and O–H groups in total. The Hall–Kier alpha value is -0.0500. The van der Waals surface area contributed by atoms with Gasteiger partial charge in [0.2, 0.25) is 0 Å². The quantitative estimate of drug-likeness (QED) is 0.760. The molecule has 62 valence electrons. The molecule has 0 saturated heterocycles. The average Bonchev–Trinajstić information content (AvgIpc) is 2.31. The van der Waals surface area contributed by atoms with Crippen LogP contribution >= 0.6 is 22.9 Å². The molecule has 0 fully saturated rings. The van der Waals surface area contributed by atoms with Gasteiger partial charge >= 0.3 is 0 Å². The largest absolute Gasteiger partial charge is 0.323 e. The van der Waals surface area contributed by atoms with Crippen molar-refractivity contribution in [3.8, 4) is 0 Å². The molecule has 1 heterocycles. The van der Waals surface area contributed by atoms with Crippen LogP contribution in [0.4, 0.5) is 0 Å². The lowest BCUT2D eigenvalue weighted by atomic mass is 10.2. The average molecular weight is 190 g/mol. The van der Waals surface area contributed by atoms with E-state index in [4.69, 9.17) is 17.3 Å². The van der Waals surface area contributed by atoms with Crippen molar-refractivity contribution in [1.82, 2.24) is 0 Å². The van der Waals surface area contributed by atoms with Crippen molar-refractivity contribution in [2.45, 2.75) is 26.3 Å². The van der Waals surface area contributed by atoms with Gasteiger partial charge in [-0.25, -0.2) is 0 Å². The van der Waals surface area contributed by atoms with Crippen molar-refractivity contribution in [3.63, 3.8) is 0 Å². The van der Waals surface area contributed by atoms with E-state index in [1.807, 2.05) is 6.92 Å². The zero-order valence-electron chi connectivity index (χ0n) is 6.73. The van der Waals surface area contributed by atoms with Gasteiger partial charge in [-0.3, -0.25) is 0 Å². The number of thiophene rings is 1. The summed E-state index contributed by atoms with van der Waals surface area (Å²) in [5, 5.41) is 0. The molecule has 0 saturated carbocycles. The van der Waals surface area contributed by atoms with Crippen molar-refractivity contribution < 1.29 is 0 Å². The van der Waals surface area contributed by atoms with E-state index in [2.05, 4.69) is 13.0 Å². The summed E-state index contributed by atoms with van der Waals surface area (Å²) < 4.78 is 0.865. The van der Waals surface area contributed by atoms with Crippen LogP contribution in [0, 0.1) is 6.92 Å². The van der Waals surface area contributed by atoms with Gasteiger partial charge in [-0.15, -0.1) is 11.3 Å². The van der Waals surface area contributed by atoms with Crippen molar-refractivity contribution in [2.24, 2.45) is 5.73 Å². The SMILES string of the molecule is CCC(N)c1cc(C)c(Cl)s1. The molecule has 0 aliphatic carbocycles. The molecule has 0 aromatic carbocycles. The van der Waals surface area contributed by atoms with E-state index in [-0.39, 0.29) is 6.04 Å². The van der Waals surface area contributed by atoms with Gasteiger partial charge in [-0.05, 0) is 25.0 Å². The highest BCUT2D eigenvalue weighted by atomic mass is 35.5. The van der Waals surface area contributed by atoms with E-state index in [0.717, 1.165) is 16.3 Å². The molecular weight excluding hydrogens is 178 g/mol. The molecule has 0 spiro atoms. The molecule has 1 unspecified atom stereocenters. The second-order valence-electron chi connectivity index (χ2n) is 2.62. The zero-order valence-corrected chi connectivity index (χ0v) is 8.30. The van der Waals surface area contributed by atoms with E-state index < -0.39 is 0 Å². The van der Waals surface area contributed by atoms with Crippen LogP contribution in [0.1, 0.15) is 29.8 Å². The molecule has 0 aliphatic rings. The molecule has 1 rings (SSSR count). The lowest BCUT2D eigenvalue weighted by Gasteiger charge is -2.03. The minimum Gasteiger partial charge on any atom is -0.323 e. The Morgan fingerprint density at radius 3 is 2.73 bits per heavy atom. The highest BCUT2D eigenvalue weighted by Gasteiger charge is 2.08. The van der Waals surface area contributed by atoms with Crippen LogP contribution in [0.3, 0.4) is 0 Å². The van der Waals surface area contributed by atoms with Gasteiger partial charge in [-0.1, -0.05) is 18.5 Å². The van der Waals surface area contributed by atoms with Gasteiger partial charge < -0.3 is 5.73 Å². The molecule has 11 heavy (non-hydrogen) atoms. The fraction of sp³-hybridized carbons (Fsp3) is 0.500. The summed E-state index contributed by atoms with van der Waals surface area (Å²) in [4.78, 5) is 1.19. The van der Waals surface area contributed by atoms with Crippen molar-refractivity contribution >= 4 is 22.9 Å². The Bertz CT molecular complexity index is 225. The fourth-order valence-corrected chi connectivity index (χ4v) is 2.17. The second-order valence-corrected chi connectivity index (χ2v) is 4.31. The number of hydrogen-bond donors (Lipinski definition) is 1. The zero-order chi connectivity index (χ0) is 8.43. The Kier molecular flexibility index (Phi) is 2.93. The van der Waals surface area contributed by atoms with E-state index >= 15 is 0 Å². The lowest BCUT2D eigenvalue weighted by Crippen LogP contribution is -2.05. The second kappa shape index (κ2) is 3.57. The third-order valence-electron chi connectivity index (χ3n) is 1.68.